The Morgan fingerprint density at radius 1 is 1.57 bits per heavy atom. The number of nitrogens with one attached hydrogen (secondary N) is 1. The standard InChI is InChI=1S/C10H11N3O/c14-10-12-8-2-1-5-11-9(8)13(10)6-7-3-4-7/h1-2,5,7H,3-4,6H2,(H,12,14). The van der Waals surface area contributed by atoms with E-state index in [1.807, 2.05) is 12.1 Å². The Morgan fingerprint density at radius 3 is 3.21 bits per heavy atom. The van der Waals surface area contributed by atoms with E-state index in [0.29, 0.717) is 5.92 Å². The third kappa shape index (κ3) is 1.14. The summed E-state index contributed by atoms with van der Waals surface area (Å²) >= 11 is 0. The van der Waals surface area contributed by atoms with Gasteiger partial charge in [-0.3, -0.25) is 4.57 Å². The lowest BCUT2D eigenvalue weighted by atomic mass is 10.4. The molecular formula is C10H11N3O. The molecular weight excluding hydrogens is 178 g/mol. The quantitative estimate of drug-likeness (QED) is 0.770. The maximum Gasteiger partial charge on any atom is 0.327 e. The zero-order chi connectivity index (χ0) is 9.54. The minimum Gasteiger partial charge on any atom is -0.304 e. The Balaban J connectivity index is 2.18. The van der Waals surface area contributed by atoms with E-state index in [9.17, 15) is 4.79 Å². The number of H-pyrrole nitrogens is 1. The zero-order valence-electron chi connectivity index (χ0n) is 7.73. The molecule has 4 heteroatoms. The highest BCUT2D eigenvalue weighted by atomic mass is 16.1. The molecule has 0 spiro atoms. The molecule has 1 fully saturated rings. The number of imidazole rings is 1. The van der Waals surface area contributed by atoms with Gasteiger partial charge in [-0.25, -0.2) is 9.78 Å². The van der Waals surface area contributed by atoms with Crippen molar-refractivity contribution in [3.05, 3.63) is 28.8 Å². The number of aromatic amines is 1. The molecule has 0 bridgehead atoms. The highest BCUT2D eigenvalue weighted by molar-refractivity contribution is 5.69. The van der Waals surface area contributed by atoms with E-state index in [1.54, 1.807) is 10.8 Å². The van der Waals surface area contributed by atoms with Gasteiger partial charge in [0, 0.05) is 12.7 Å². The SMILES string of the molecule is O=c1[nH]c2cccnc2n1CC1CC1. The van der Waals surface area contributed by atoms with Crippen LogP contribution in [0.25, 0.3) is 11.2 Å². The van der Waals surface area contributed by atoms with E-state index < -0.39 is 0 Å². The van der Waals surface area contributed by atoms with Gasteiger partial charge in [0.15, 0.2) is 5.65 Å². The molecule has 14 heavy (non-hydrogen) atoms. The van der Waals surface area contributed by atoms with Gasteiger partial charge in [0.2, 0.25) is 0 Å². The molecule has 72 valence electrons. The Bertz CT molecular complexity index is 521. The summed E-state index contributed by atoms with van der Waals surface area (Å²) in [7, 11) is 0. The van der Waals surface area contributed by atoms with Crippen LogP contribution in [-0.2, 0) is 6.54 Å². The molecule has 0 radical (unpaired) electrons. The third-order valence-electron chi connectivity index (χ3n) is 2.67. The largest absolute Gasteiger partial charge is 0.327 e. The predicted molar refractivity (Wildman–Crippen MR) is 53.1 cm³/mol. The van der Waals surface area contributed by atoms with Crippen molar-refractivity contribution in [3.63, 3.8) is 0 Å². The number of rotatable bonds is 2. The average Bonchev–Trinajstić information content (AvgIpc) is 2.93. The first-order valence-corrected chi connectivity index (χ1v) is 4.88. The average molecular weight is 189 g/mol. The van der Waals surface area contributed by atoms with Gasteiger partial charge in [-0.15, -0.1) is 0 Å². The Labute approximate surface area is 80.6 Å². The minimum atomic E-state index is -0.0365. The molecule has 1 N–H and O–H groups in total. The predicted octanol–water partition coefficient (Wildman–Crippen LogP) is 1.13. The molecule has 0 atom stereocenters. The summed E-state index contributed by atoms with van der Waals surface area (Å²) in [6.45, 7) is 0.815. The van der Waals surface area contributed by atoms with Crippen molar-refractivity contribution in [1.29, 1.82) is 0 Å². The molecule has 1 aliphatic rings. The van der Waals surface area contributed by atoms with E-state index in [0.717, 1.165) is 17.7 Å². The number of pyridine rings is 1. The highest BCUT2D eigenvalue weighted by Crippen LogP contribution is 2.30. The van der Waals surface area contributed by atoms with Gasteiger partial charge < -0.3 is 4.98 Å². The first-order valence-electron chi connectivity index (χ1n) is 4.88. The van der Waals surface area contributed by atoms with Crippen molar-refractivity contribution < 1.29 is 0 Å². The van der Waals surface area contributed by atoms with Gasteiger partial charge in [-0.05, 0) is 30.9 Å². The molecule has 0 aliphatic heterocycles. The van der Waals surface area contributed by atoms with Crippen molar-refractivity contribution >= 4 is 11.2 Å². The summed E-state index contributed by atoms with van der Waals surface area (Å²) in [5.74, 6) is 0.689. The van der Waals surface area contributed by atoms with Crippen molar-refractivity contribution in [3.8, 4) is 0 Å². The summed E-state index contributed by atoms with van der Waals surface area (Å²) in [4.78, 5) is 18.6. The summed E-state index contributed by atoms with van der Waals surface area (Å²) < 4.78 is 1.74. The second kappa shape index (κ2) is 2.70. The number of hydrogen-bond donors (Lipinski definition) is 1. The van der Waals surface area contributed by atoms with E-state index in [-0.39, 0.29) is 5.69 Å². The number of nitrogens with zero attached hydrogens (tertiary/aromatic N) is 2. The lowest BCUT2D eigenvalue weighted by Crippen LogP contribution is -2.17. The van der Waals surface area contributed by atoms with Crippen molar-refractivity contribution in [2.75, 3.05) is 0 Å². The number of aromatic nitrogens is 3. The van der Waals surface area contributed by atoms with Crippen LogP contribution in [0.1, 0.15) is 12.8 Å². The van der Waals surface area contributed by atoms with Gasteiger partial charge in [-0.1, -0.05) is 0 Å². The van der Waals surface area contributed by atoms with E-state index >= 15 is 0 Å². The summed E-state index contributed by atoms with van der Waals surface area (Å²) in [6.07, 6.45) is 4.21. The minimum absolute atomic E-state index is 0.0365. The molecule has 0 unspecified atom stereocenters. The van der Waals surface area contributed by atoms with Crippen LogP contribution in [0.4, 0.5) is 0 Å². The van der Waals surface area contributed by atoms with Crippen LogP contribution in [-0.4, -0.2) is 14.5 Å². The highest BCUT2D eigenvalue weighted by Gasteiger charge is 2.23. The van der Waals surface area contributed by atoms with Crippen molar-refractivity contribution in [2.24, 2.45) is 5.92 Å². The van der Waals surface area contributed by atoms with E-state index in [4.69, 9.17) is 0 Å². The molecule has 3 rings (SSSR count). The van der Waals surface area contributed by atoms with Gasteiger partial charge in [0.25, 0.3) is 0 Å². The van der Waals surface area contributed by atoms with Crippen LogP contribution < -0.4 is 5.69 Å². The van der Waals surface area contributed by atoms with Crippen LogP contribution in [0, 0.1) is 5.92 Å². The van der Waals surface area contributed by atoms with Gasteiger partial charge in [-0.2, -0.15) is 0 Å². The Morgan fingerprint density at radius 2 is 2.43 bits per heavy atom. The van der Waals surface area contributed by atoms with Crippen LogP contribution in [0.15, 0.2) is 23.1 Å². The fraction of sp³-hybridized carbons (Fsp3) is 0.400. The lowest BCUT2D eigenvalue weighted by molar-refractivity contribution is 0.620. The van der Waals surface area contributed by atoms with Crippen molar-refractivity contribution in [2.45, 2.75) is 19.4 Å². The summed E-state index contributed by atoms with van der Waals surface area (Å²) in [5.41, 5.74) is 1.58. The maximum absolute atomic E-state index is 11.6. The fourth-order valence-electron chi connectivity index (χ4n) is 1.72. The van der Waals surface area contributed by atoms with Crippen LogP contribution >= 0.6 is 0 Å². The number of hydrogen-bond acceptors (Lipinski definition) is 2. The fourth-order valence-corrected chi connectivity index (χ4v) is 1.72. The van der Waals surface area contributed by atoms with Gasteiger partial charge >= 0.3 is 5.69 Å². The normalized spacial score (nSPS) is 16.3. The molecule has 0 saturated heterocycles. The number of fused-ring (bicyclic) bond motifs is 1. The Hall–Kier alpha value is -1.58. The summed E-state index contributed by atoms with van der Waals surface area (Å²) in [5, 5.41) is 0. The molecule has 2 aromatic heterocycles. The van der Waals surface area contributed by atoms with Crippen LogP contribution in [0.2, 0.25) is 0 Å². The second-order valence-electron chi connectivity index (χ2n) is 3.86. The smallest absolute Gasteiger partial charge is 0.304 e. The van der Waals surface area contributed by atoms with Crippen molar-refractivity contribution in [1.82, 2.24) is 14.5 Å². The maximum atomic E-state index is 11.6. The van der Waals surface area contributed by atoms with E-state index in [2.05, 4.69) is 9.97 Å². The third-order valence-corrected chi connectivity index (χ3v) is 2.67. The zero-order valence-corrected chi connectivity index (χ0v) is 7.73. The molecule has 2 aromatic rings. The second-order valence-corrected chi connectivity index (χ2v) is 3.86. The van der Waals surface area contributed by atoms with E-state index in [1.165, 1.54) is 12.8 Å². The molecule has 2 heterocycles. The molecule has 0 aromatic carbocycles. The van der Waals surface area contributed by atoms with Crippen LogP contribution in [0.3, 0.4) is 0 Å². The molecule has 4 nitrogen and oxygen atoms in total. The Kier molecular flexibility index (Phi) is 1.50. The molecule has 1 aliphatic carbocycles. The summed E-state index contributed by atoms with van der Waals surface area (Å²) in [6, 6.07) is 3.72. The van der Waals surface area contributed by atoms with Gasteiger partial charge in [0.05, 0.1) is 5.52 Å². The van der Waals surface area contributed by atoms with Gasteiger partial charge in [0.1, 0.15) is 0 Å². The topological polar surface area (TPSA) is 50.7 Å². The molecule has 1 saturated carbocycles. The molecule has 0 amide bonds. The monoisotopic (exact) mass is 189 g/mol. The first kappa shape index (κ1) is 7.79. The lowest BCUT2D eigenvalue weighted by Gasteiger charge is -1.98. The first-order chi connectivity index (χ1) is 6.84. The van der Waals surface area contributed by atoms with Crippen LogP contribution in [0.5, 0.6) is 0 Å².